The van der Waals surface area contributed by atoms with Gasteiger partial charge in [0.15, 0.2) is 18.1 Å². The summed E-state index contributed by atoms with van der Waals surface area (Å²) in [7, 11) is 1.54. The highest BCUT2D eigenvalue weighted by atomic mass is 16.5. The average Bonchev–Trinajstić information content (AvgIpc) is 2.69. The van der Waals surface area contributed by atoms with Crippen molar-refractivity contribution in [2.24, 2.45) is 0 Å². The van der Waals surface area contributed by atoms with Gasteiger partial charge in [-0.05, 0) is 43.2 Å². The molecule has 2 aromatic rings. The van der Waals surface area contributed by atoms with Crippen LogP contribution in [0.15, 0.2) is 54.6 Å². The van der Waals surface area contributed by atoms with Gasteiger partial charge in [0, 0.05) is 18.7 Å². The fourth-order valence-electron chi connectivity index (χ4n) is 2.58. The van der Waals surface area contributed by atoms with Gasteiger partial charge in [-0.25, -0.2) is 0 Å². The molecule has 0 aliphatic carbocycles. The Morgan fingerprint density at radius 3 is 2.56 bits per heavy atom. The third-order valence-corrected chi connectivity index (χ3v) is 4.00. The maximum atomic E-state index is 12.7. The van der Waals surface area contributed by atoms with Gasteiger partial charge in [0.1, 0.15) is 6.07 Å². The third kappa shape index (κ3) is 5.89. The number of carbonyl (C=O) groups is 1. The molecule has 0 bridgehead atoms. The van der Waals surface area contributed by atoms with Crippen LogP contribution in [0, 0.1) is 11.3 Å². The summed E-state index contributed by atoms with van der Waals surface area (Å²) >= 11 is 0. The normalized spacial score (nSPS) is 10.6. The summed E-state index contributed by atoms with van der Waals surface area (Å²) in [6, 6.07) is 17.2. The van der Waals surface area contributed by atoms with E-state index in [4.69, 9.17) is 14.7 Å². The van der Waals surface area contributed by atoms with Crippen LogP contribution in [0.2, 0.25) is 0 Å². The molecule has 1 amide bonds. The second-order valence-electron chi connectivity index (χ2n) is 6.24. The quantitative estimate of drug-likeness (QED) is 0.663. The molecule has 0 atom stereocenters. The monoisotopic (exact) mass is 364 g/mol. The summed E-state index contributed by atoms with van der Waals surface area (Å²) < 4.78 is 10.6. The average molecular weight is 364 g/mol. The van der Waals surface area contributed by atoms with Crippen LogP contribution in [0.5, 0.6) is 11.5 Å². The first-order chi connectivity index (χ1) is 13.0. The molecule has 0 heterocycles. The minimum atomic E-state index is -0.0578. The molecule has 2 rings (SSSR count). The minimum Gasteiger partial charge on any atom is -0.493 e. The van der Waals surface area contributed by atoms with Crippen LogP contribution in [-0.2, 0) is 11.3 Å². The highest BCUT2D eigenvalue weighted by molar-refractivity contribution is 5.92. The van der Waals surface area contributed by atoms with Crippen molar-refractivity contribution in [1.29, 1.82) is 5.26 Å². The van der Waals surface area contributed by atoms with E-state index >= 15 is 0 Å². The predicted octanol–water partition coefficient (Wildman–Crippen LogP) is 4.05. The number of carbonyl (C=O) groups excluding carboxylic acids is 1. The Kier molecular flexibility index (Phi) is 7.45. The number of nitrogens with zero attached hydrogens (tertiary/aromatic N) is 2. The lowest BCUT2D eigenvalue weighted by Gasteiger charge is -2.25. The molecular weight excluding hydrogens is 340 g/mol. The maximum Gasteiger partial charge on any atom is 0.247 e. The van der Waals surface area contributed by atoms with E-state index < -0.39 is 0 Å². The number of rotatable bonds is 8. The molecule has 0 radical (unpaired) electrons. The Morgan fingerprint density at radius 1 is 1.19 bits per heavy atom. The number of ether oxygens (including phenoxy) is 2. The molecule has 0 spiro atoms. The molecule has 0 fully saturated rings. The molecule has 5 nitrogen and oxygen atoms in total. The van der Waals surface area contributed by atoms with Crippen LogP contribution in [0.25, 0.3) is 6.08 Å². The van der Waals surface area contributed by atoms with E-state index in [0.29, 0.717) is 18.0 Å². The molecule has 0 aromatic heterocycles. The molecule has 0 N–H and O–H groups in total. The Labute approximate surface area is 160 Å². The molecule has 140 valence electrons. The van der Waals surface area contributed by atoms with Crippen molar-refractivity contribution in [3.8, 4) is 17.6 Å². The van der Waals surface area contributed by atoms with E-state index in [0.717, 1.165) is 11.1 Å². The molecule has 0 unspecified atom stereocenters. The summed E-state index contributed by atoms with van der Waals surface area (Å²) in [5, 5.41) is 8.62. The molecule has 27 heavy (non-hydrogen) atoms. The van der Waals surface area contributed by atoms with E-state index in [2.05, 4.69) is 0 Å². The van der Waals surface area contributed by atoms with Crippen molar-refractivity contribution < 1.29 is 14.3 Å². The molecule has 0 aliphatic heterocycles. The lowest BCUT2D eigenvalue weighted by molar-refractivity contribution is -0.128. The first kappa shape index (κ1) is 20.1. The minimum absolute atomic E-state index is 0.0487. The van der Waals surface area contributed by atoms with E-state index in [-0.39, 0.29) is 18.6 Å². The summed E-state index contributed by atoms with van der Waals surface area (Å²) in [6.07, 6.45) is 3.31. The van der Waals surface area contributed by atoms with Gasteiger partial charge in [-0.3, -0.25) is 4.79 Å². The first-order valence-electron chi connectivity index (χ1n) is 8.75. The Balaban J connectivity index is 2.12. The van der Waals surface area contributed by atoms with Gasteiger partial charge in [-0.1, -0.05) is 36.4 Å². The maximum absolute atomic E-state index is 12.7. The molecule has 0 saturated carbocycles. The zero-order valence-electron chi connectivity index (χ0n) is 15.9. The molecule has 0 saturated heterocycles. The first-order valence-corrected chi connectivity index (χ1v) is 8.75. The van der Waals surface area contributed by atoms with Crippen LogP contribution in [0.1, 0.15) is 25.0 Å². The van der Waals surface area contributed by atoms with Crippen LogP contribution in [0.4, 0.5) is 0 Å². The van der Waals surface area contributed by atoms with Gasteiger partial charge in [-0.2, -0.15) is 5.26 Å². The fraction of sp³-hybridized carbons (Fsp3) is 0.273. The lowest BCUT2D eigenvalue weighted by Crippen LogP contribution is -2.35. The van der Waals surface area contributed by atoms with Gasteiger partial charge in [0.05, 0.1) is 7.11 Å². The van der Waals surface area contributed by atoms with E-state index in [1.807, 2.05) is 61.2 Å². The summed E-state index contributed by atoms with van der Waals surface area (Å²) in [5.41, 5.74) is 1.90. The van der Waals surface area contributed by atoms with Gasteiger partial charge in [-0.15, -0.1) is 0 Å². The van der Waals surface area contributed by atoms with Crippen molar-refractivity contribution in [2.75, 3.05) is 13.7 Å². The van der Waals surface area contributed by atoms with Crippen molar-refractivity contribution in [3.05, 3.63) is 65.7 Å². The van der Waals surface area contributed by atoms with Crippen molar-refractivity contribution in [3.63, 3.8) is 0 Å². The zero-order chi connectivity index (χ0) is 19.6. The van der Waals surface area contributed by atoms with Gasteiger partial charge < -0.3 is 14.4 Å². The predicted molar refractivity (Wildman–Crippen MR) is 105 cm³/mol. The summed E-state index contributed by atoms with van der Waals surface area (Å²) in [6.45, 7) is 4.51. The van der Waals surface area contributed by atoms with Gasteiger partial charge >= 0.3 is 0 Å². The number of methoxy groups -OCH3 is 1. The Bertz CT molecular complexity index is 823. The van der Waals surface area contributed by atoms with Crippen molar-refractivity contribution in [1.82, 2.24) is 4.90 Å². The summed E-state index contributed by atoms with van der Waals surface area (Å²) in [5.74, 6) is 0.956. The van der Waals surface area contributed by atoms with E-state index in [1.165, 1.54) is 7.11 Å². The second kappa shape index (κ2) is 10.0. The molecule has 5 heteroatoms. The third-order valence-electron chi connectivity index (χ3n) is 4.00. The van der Waals surface area contributed by atoms with E-state index in [1.54, 1.807) is 24.3 Å². The van der Waals surface area contributed by atoms with Crippen LogP contribution in [-0.4, -0.2) is 30.6 Å². The highest BCUT2D eigenvalue weighted by Gasteiger charge is 2.15. The van der Waals surface area contributed by atoms with E-state index in [9.17, 15) is 4.79 Å². The Morgan fingerprint density at radius 2 is 1.93 bits per heavy atom. The van der Waals surface area contributed by atoms with Gasteiger partial charge in [0.25, 0.3) is 0 Å². The molecular formula is C22H24N2O3. The second-order valence-corrected chi connectivity index (χ2v) is 6.24. The summed E-state index contributed by atoms with van der Waals surface area (Å²) in [4.78, 5) is 14.5. The largest absolute Gasteiger partial charge is 0.493 e. The zero-order valence-corrected chi connectivity index (χ0v) is 15.9. The number of nitriles is 1. The fourth-order valence-corrected chi connectivity index (χ4v) is 2.58. The number of amides is 1. The molecule has 2 aromatic carbocycles. The SMILES string of the molecule is COc1cc(/C=C/C(=O)N(Cc2ccccc2)C(C)C)ccc1OCC#N. The van der Waals surface area contributed by atoms with Crippen LogP contribution >= 0.6 is 0 Å². The van der Waals surface area contributed by atoms with Crippen LogP contribution in [0.3, 0.4) is 0 Å². The lowest BCUT2D eigenvalue weighted by atomic mass is 10.1. The smallest absolute Gasteiger partial charge is 0.247 e. The van der Waals surface area contributed by atoms with Gasteiger partial charge in [0.2, 0.25) is 5.91 Å². The van der Waals surface area contributed by atoms with Crippen molar-refractivity contribution in [2.45, 2.75) is 26.4 Å². The van der Waals surface area contributed by atoms with Crippen molar-refractivity contribution >= 4 is 12.0 Å². The standard InChI is InChI=1S/C22H24N2O3/c1-17(2)24(16-19-7-5-4-6-8-19)22(25)12-10-18-9-11-20(27-14-13-23)21(15-18)26-3/h4-12,15,17H,14,16H2,1-3H3/b12-10+. The number of hydrogen-bond donors (Lipinski definition) is 0. The number of hydrogen-bond acceptors (Lipinski definition) is 4. The topological polar surface area (TPSA) is 62.6 Å². The van der Waals surface area contributed by atoms with Crippen LogP contribution < -0.4 is 9.47 Å². The molecule has 0 aliphatic rings. The Hall–Kier alpha value is -3.26. The highest BCUT2D eigenvalue weighted by Crippen LogP contribution is 2.28. The number of benzene rings is 2.